The molecule has 0 heterocycles. The molecule has 0 saturated carbocycles. The lowest BCUT2D eigenvalue weighted by molar-refractivity contribution is 0.339. The Labute approximate surface area is 105 Å². The van der Waals surface area contributed by atoms with Crippen LogP contribution in [0.25, 0.3) is 0 Å². The van der Waals surface area contributed by atoms with Gasteiger partial charge in [-0.15, -0.1) is 0 Å². The molecule has 0 spiro atoms. The Kier molecular flexibility index (Phi) is 6.71. The zero-order chi connectivity index (χ0) is 12.5. The van der Waals surface area contributed by atoms with Crippen molar-refractivity contribution in [3.8, 4) is 5.75 Å². The summed E-state index contributed by atoms with van der Waals surface area (Å²) < 4.78 is 5.48. The largest absolute Gasteiger partial charge is 0.494 e. The molecule has 1 unspecified atom stereocenters. The lowest BCUT2D eigenvalue weighted by atomic mass is 10.1. The van der Waals surface area contributed by atoms with Crippen molar-refractivity contribution in [1.29, 1.82) is 0 Å². The smallest absolute Gasteiger partial charge is 0.119 e. The first-order valence-electron chi connectivity index (χ1n) is 6.68. The lowest BCUT2D eigenvalue weighted by Gasteiger charge is -2.12. The summed E-state index contributed by atoms with van der Waals surface area (Å²) in [5, 5.41) is 3.50. The van der Waals surface area contributed by atoms with Crippen molar-refractivity contribution in [2.24, 2.45) is 5.92 Å². The van der Waals surface area contributed by atoms with E-state index in [2.05, 4.69) is 37.4 Å². The van der Waals surface area contributed by atoms with Gasteiger partial charge in [-0.3, -0.25) is 0 Å². The van der Waals surface area contributed by atoms with Gasteiger partial charge in [-0.1, -0.05) is 32.4 Å². The molecule has 96 valence electrons. The third-order valence-corrected chi connectivity index (χ3v) is 2.81. The number of hydrogen-bond acceptors (Lipinski definition) is 2. The van der Waals surface area contributed by atoms with E-state index in [1.54, 1.807) is 0 Å². The molecule has 0 aromatic heterocycles. The molecule has 0 aliphatic rings. The van der Waals surface area contributed by atoms with E-state index in [1.807, 2.05) is 13.0 Å². The molecule has 0 fully saturated rings. The fourth-order valence-corrected chi connectivity index (χ4v) is 1.97. The molecule has 1 N–H and O–H groups in total. The summed E-state index contributed by atoms with van der Waals surface area (Å²) in [5.74, 6) is 1.73. The van der Waals surface area contributed by atoms with Crippen LogP contribution in [-0.2, 0) is 6.54 Å². The van der Waals surface area contributed by atoms with Gasteiger partial charge in [-0.25, -0.2) is 0 Å². The van der Waals surface area contributed by atoms with E-state index < -0.39 is 0 Å². The molecule has 2 nitrogen and oxygen atoms in total. The van der Waals surface area contributed by atoms with Gasteiger partial charge >= 0.3 is 0 Å². The quantitative estimate of drug-likeness (QED) is 0.743. The van der Waals surface area contributed by atoms with Crippen LogP contribution in [0.15, 0.2) is 24.3 Å². The first kappa shape index (κ1) is 14.0. The van der Waals surface area contributed by atoms with Crippen LogP contribution in [0.3, 0.4) is 0 Å². The van der Waals surface area contributed by atoms with Gasteiger partial charge in [-0.05, 0) is 43.5 Å². The van der Waals surface area contributed by atoms with Gasteiger partial charge in [-0.2, -0.15) is 0 Å². The van der Waals surface area contributed by atoms with Crippen molar-refractivity contribution in [2.45, 2.75) is 40.2 Å². The molecular weight excluding hydrogens is 210 g/mol. The summed E-state index contributed by atoms with van der Waals surface area (Å²) in [6.07, 6.45) is 2.56. The van der Waals surface area contributed by atoms with E-state index in [-0.39, 0.29) is 0 Å². The van der Waals surface area contributed by atoms with Crippen LogP contribution in [0.2, 0.25) is 0 Å². The number of rotatable bonds is 8. The second-order valence-corrected chi connectivity index (χ2v) is 4.61. The molecule has 0 aliphatic heterocycles. The average molecular weight is 235 g/mol. The molecule has 1 rings (SSSR count). The second-order valence-electron chi connectivity index (χ2n) is 4.61. The number of ether oxygens (including phenoxy) is 1. The van der Waals surface area contributed by atoms with Gasteiger partial charge in [0.25, 0.3) is 0 Å². The second kappa shape index (κ2) is 8.13. The monoisotopic (exact) mass is 235 g/mol. The summed E-state index contributed by atoms with van der Waals surface area (Å²) in [6, 6.07) is 8.31. The van der Waals surface area contributed by atoms with E-state index >= 15 is 0 Å². The first-order valence-corrected chi connectivity index (χ1v) is 6.68. The summed E-state index contributed by atoms with van der Waals surface area (Å²) in [7, 11) is 0. The van der Waals surface area contributed by atoms with Crippen LogP contribution in [0.5, 0.6) is 5.75 Å². The van der Waals surface area contributed by atoms with Crippen molar-refractivity contribution in [3.05, 3.63) is 29.8 Å². The molecule has 2 heteroatoms. The minimum atomic E-state index is 0.727. The van der Waals surface area contributed by atoms with Crippen molar-refractivity contribution in [3.63, 3.8) is 0 Å². The average Bonchev–Trinajstić information content (AvgIpc) is 2.30. The van der Waals surface area contributed by atoms with Crippen LogP contribution in [0.4, 0.5) is 0 Å². The predicted octanol–water partition coefficient (Wildman–Crippen LogP) is 3.61. The molecule has 1 aromatic carbocycles. The fraction of sp³-hybridized carbons (Fsp3) is 0.600. The van der Waals surface area contributed by atoms with E-state index in [9.17, 15) is 0 Å². The van der Waals surface area contributed by atoms with Crippen molar-refractivity contribution in [1.82, 2.24) is 5.32 Å². The Morgan fingerprint density at radius 1 is 1.29 bits per heavy atom. The van der Waals surface area contributed by atoms with E-state index in [0.717, 1.165) is 31.4 Å². The highest BCUT2D eigenvalue weighted by atomic mass is 16.5. The number of benzene rings is 1. The maximum Gasteiger partial charge on any atom is 0.119 e. The topological polar surface area (TPSA) is 21.3 Å². The minimum Gasteiger partial charge on any atom is -0.494 e. The van der Waals surface area contributed by atoms with Crippen molar-refractivity contribution < 1.29 is 4.74 Å². The van der Waals surface area contributed by atoms with E-state index in [4.69, 9.17) is 4.74 Å². The Balaban J connectivity index is 2.33. The molecule has 1 atom stereocenters. The van der Waals surface area contributed by atoms with Gasteiger partial charge in [0.1, 0.15) is 5.75 Å². The van der Waals surface area contributed by atoms with Crippen LogP contribution in [0.1, 0.15) is 39.2 Å². The SMILES string of the molecule is CCCC(C)CNCc1cccc(OCC)c1. The third-order valence-electron chi connectivity index (χ3n) is 2.81. The molecule has 1 aromatic rings. The summed E-state index contributed by atoms with van der Waals surface area (Å²) in [5.41, 5.74) is 1.29. The highest BCUT2D eigenvalue weighted by Gasteiger charge is 2.00. The van der Waals surface area contributed by atoms with Crippen LogP contribution < -0.4 is 10.1 Å². The fourth-order valence-electron chi connectivity index (χ4n) is 1.97. The maximum atomic E-state index is 5.48. The molecule has 0 bridgehead atoms. The molecular formula is C15H25NO. The Morgan fingerprint density at radius 2 is 2.12 bits per heavy atom. The molecule has 0 amide bonds. The molecule has 0 aliphatic carbocycles. The van der Waals surface area contributed by atoms with Crippen molar-refractivity contribution in [2.75, 3.05) is 13.2 Å². The zero-order valence-electron chi connectivity index (χ0n) is 11.3. The molecule has 17 heavy (non-hydrogen) atoms. The lowest BCUT2D eigenvalue weighted by Crippen LogP contribution is -2.20. The summed E-state index contributed by atoms with van der Waals surface area (Å²) in [4.78, 5) is 0. The Morgan fingerprint density at radius 3 is 2.82 bits per heavy atom. The number of hydrogen-bond donors (Lipinski definition) is 1. The highest BCUT2D eigenvalue weighted by Crippen LogP contribution is 2.13. The highest BCUT2D eigenvalue weighted by molar-refractivity contribution is 5.28. The summed E-state index contributed by atoms with van der Waals surface area (Å²) in [6.45, 7) is 9.29. The standard InChI is InChI=1S/C15H25NO/c1-4-7-13(3)11-16-12-14-8-6-9-15(10-14)17-5-2/h6,8-10,13,16H,4-5,7,11-12H2,1-3H3. The minimum absolute atomic E-state index is 0.727. The molecule has 0 saturated heterocycles. The van der Waals surface area contributed by atoms with Gasteiger partial charge < -0.3 is 10.1 Å². The zero-order valence-corrected chi connectivity index (χ0v) is 11.3. The van der Waals surface area contributed by atoms with Gasteiger partial charge in [0.15, 0.2) is 0 Å². The van der Waals surface area contributed by atoms with Gasteiger partial charge in [0.2, 0.25) is 0 Å². The van der Waals surface area contributed by atoms with Crippen molar-refractivity contribution >= 4 is 0 Å². The maximum absolute atomic E-state index is 5.48. The first-order chi connectivity index (χ1) is 8.26. The summed E-state index contributed by atoms with van der Waals surface area (Å²) >= 11 is 0. The Hall–Kier alpha value is -1.02. The van der Waals surface area contributed by atoms with Gasteiger partial charge in [0, 0.05) is 6.54 Å². The van der Waals surface area contributed by atoms with Crippen LogP contribution in [0, 0.1) is 5.92 Å². The number of nitrogens with one attached hydrogen (secondary N) is 1. The van der Waals surface area contributed by atoms with E-state index in [0.29, 0.717) is 0 Å². The van der Waals surface area contributed by atoms with Crippen LogP contribution >= 0.6 is 0 Å². The van der Waals surface area contributed by atoms with Gasteiger partial charge in [0.05, 0.1) is 6.61 Å². The Bertz CT molecular complexity index is 312. The van der Waals surface area contributed by atoms with Crippen LogP contribution in [-0.4, -0.2) is 13.2 Å². The molecule has 0 radical (unpaired) electrons. The van der Waals surface area contributed by atoms with E-state index in [1.165, 1.54) is 18.4 Å². The predicted molar refractivity (Wildman–Crippen MR) is 73.4 cm³/mol. The third kappa shape index (κ3) is 5.73. The normalized spacial score (nSPS) is 12.4.